The van der Waals surface area contributed by atoms with Gasteiger partial charge in [-0.05, 0) is 43.5 Å². The van der Waals surface area contributed by atoms with E-state index in [2.05, 4.69) is 41.4 Å². The summed E-state index contributed by atoms with van der Waals surface area (Å²) in [6.07, 6.45) is 1.78. The van der Waals surface area contributed by atoms with Crippen molar-refractivity contribution in [2.45, 2.75) is 26.3 Å². The number of nitrogens with zero attached hydrogens (tertiary/aromatic N) is 1. The van der Waals surface area contributed by atoms with Crippen molar-refractivity contribution in [3.8, 4) is 0 Å². The topological polar surface area (TPSA) is 32.3 Å². The molecule has 2 aromatic carbocycles. The van der Waals surface area contributed by atoms with Crippen LogP contribution in [0.2, 0.25) is 5.02 Å². The van der Waals surface area contributed by atoms with Gasteiger partial charge in [0, 0.05) is 36.3 Å². The van der Waals surface area contributed by atoms with E-state index in [1.54, 1.807) is 0 Å². The van der Waals surface area contributed by atoms with Gasteiger partial charge < -0.3 is 10.2 Å². The summed E-state index contributed by atoms with van der Waals surface area (Å²) in [4.78, 5) is 14.8. The molecule has 126 valence electrons. The average molecular weight is 343 g/mol. The summed E-state index contributed by atoms with van der Waals surface area (Å²) in [5, 5.41) is 3.73. The normalized spacial score (nSPS) is 15.3. The van der Waals surface area contributed by atoms with Crippen LogP contribution in [0.3, 0.4) is 0 Å². The van der Waals surface area contributed by atoms with Crippen LogP contribution in [0.25, 0.3) is 0 Å². The monoisotopic (exact) mass is 342 g/mol. The van der Waals surface area contributed by atoms with Crippen LogP contribution in [0.4, 0.5) is 5.69 Å². The van der Waals surface area contributed by atoms with Crippen molar-refractivity contribution in [1.29, 1.82) is 0 Å². The van der Waals surface area contributed by atoms with Gasteiger partial charge in [0.05, 0.1) is 0 Å². The van der Waals surface area contributed by atoms with Gasteiger partial charge in [0.25, 0.3) is 0 Å². The van der Waals surface area contributed by atoms with E-state index in [0.717, 1.165) is 31.5 Å². The number of hydrogen-bond acceptors (Lipinski definition) is 2. The quantitative estimate of drug-likeness (QED) is 0.904. The Bertz CT molecular complexity index is 691. The molecule has 0 bridgehead atoms. The molecule has 0 spiro atoms. The zero-order chi connectivity index (χ0) is 16.9. The highest BCUT2D eigenvalue weighted by Crippen LogP contribution is 2.24. The molecular weight excluding hydrogens is 320 g/mol. The van der Waals surface area contributed by atoms with E-state index in [-0.39, 0.29) is 11.8 Å². The summed E-state index contributed by atoms with van der Waals surface area (Å²) in [5.41, 5.74) is 3.48. The van der Waals surface area contributed by atoms with E-state index >= 15 is 0 Å². The SMILES string of the molecule is Cc1ccc(N2CCC(C(=O)NCc3ccccc3Cl)CC2)cc1. The van der Waals surface area contributed by atoms with Gasteiger partial charge in [0.1, 0.15) is 0 Å². The average Bonchev–Trinajstić information content (AvgIpc) is 2.62. The third kappa shape index (κ3) is 4.09. The molecule has 3 nitrogen and oxygen atoms in total. The van der Waals surface area contributed by atoms with Crippen LogP contribution in [-0.4, -0.2) is 19.0 Å². The maximum absolute atomic E-state index is 12.4. The zero-order valence-corrected chi connectivity index (χ0v) is 14.7. The minimum atomic E-state index is 0.0918. The highest BCUT2D eigenvalue weighted by Gasteiger charge is 2.25. The number of aryl methyl sites for hydroxylation is 1. The van der Waals surface area contributed by atoms with Crippen molar-refractivity contribution in [1.82, 2.24) is 5.32 Å². The number of carbonyl (C=O) groups excluding carboxylic acids is 1. The summed E-state index contributed by atoms with van der Waals surface area (Å²) in [6, 6.07) is 16.2. The van der Waals surface area contributed by atoms with Gasteiger partial charge in [0.15, 0.2) is 0 Å². The van der Waals surface area contributed by atoms with E-state index < -0.39 is 0 Å². The molecule has 0 aliphatic carbocycles. The largest absolute Gasteiger partial charge is 0.371 e. The van der Waals surface area contributed by atoms with Crippen LogP contribution in [-0.2, 0) is 11.3 Å². The fourth-order valence-electron chi connectivity index (χ4n) is 3.12. The fraction of sp³-hybridized carbons (Fsp3) is 0.350. The first-order chi connectivity index (χ1) is 11.6. The number of halogens is 1. The van der Waals surface area contributed by atoms with Gasteiger partial charge in [-0.15, -0.1) is 0 Å². The van der Waals surface area contributed by atoms with Gasteiger partial charge >= 0.3 is 0 Å². The predicted octanol–water partition coefficient (Wildman–Crippen LogP) is 4.18. The fourth-order valence-corrected chi connectivity index (χ4v) is 3.33. The molecule has 0 saturated carbocycles. The van der Waals surface area contributed by atoms with Crippen molar-refractivity contribution in [2.24, 2.45) is 5.92 Å². The summed E-state index contributed by atoms with van der Waals surface area (Å²) in [6.45, 7) is 4.44. The Morgan fingerprint density at radius 3 is 2.46 bits per heavy atom. The number of piperidine rings is 1. The molecule has 0 radical (unpaired) electrons. The maximum atomic E-state index is 12.4. The lowest BCUT2D eigenvalue weighted by Gasteiger charge is -2.33. The molecule has 1 aliphatic heterocycles. The third-order valence-corrected chi connectivity index (χ3v) is 5.04. The van der Waals surface area contributed by atoms with E-state index in [1.807, 2.05) is 24.3 Å². The highest BCUT2D eigenvalue weighted by molar-refractivity contribution is 6.31. The standard InChI is InChI=1S/C20H23ClN2O/c1-15-6-8-18(9-7-15)23-12-10-16(11-13-23)20(24)22-14-17-4-2-3-5-19(17)21/h2-9,16H,10-14H2,1H3,(H,22,24). The Kier molecular flexibility index (Phi) is 5.41. The van der Waals surface area contributed by atoms with Crippen molar-refractivity contribution < 1.29 is 4.79 Å². The first-order valence-electron chi connectivity index (χ1n) is 8.46. The number of amides is 1. The second kappa shape index (κ2) is 7.71. The van der Waals surface area contributed by atoms with Crippen LogP contribution in [0.1, 0.15) is 24.0 Å². The molecule has 1 fully saturated rings. The van der Waals surface area contributed by atoms with Gasteiger partial charge in [-0.3, -0.25) is 4.79 Å². The van der Waals surface area contributed by atoms with E-state index in [1.165, 1.54) is 11.3 Å². The van der Waals surface area contributed by atoms with Crippen LogP contribution in [0.5, 0.6) is 0 Å². The van der Waals surface area contributed by atoms with Crippen LogP contribution in [0.15, 0.2) is 48.5 Å². The van der Waals surface area contributed by atoms with Crippen molar-refractivity contribution >= 4 is 23.2 Å². The third-order valence-electron chi connectivity index (χ3n) is 4.68. The predicted molar refractivity (Wildman–Crippen MR) is 99.4 cm³/mol. The minimum Gasteiger partial charge on any atom is -0.371 e. The molecule has 0 atom stereocenters. The molecule has 24 heavy (non-hydrogen) atoms. The van der Waals surface area contributed by atoms with Crippen LogP contribution >= 0.6 is 11.6 Å². The van der Waals surface area contributed by atoms with Crippen molar-refractivity contribution in [3.05, 3.63) is 64.7 Å². The Balaban J connectivity index is 1.50. The van der Waals surface area contributed by atoms with Gasteiger partial charge in [0.2, 0.25) is 5.91 Å². The van der Waals surface area contributed by atoms with Crippen molar-refractivity contribution in [3.63, 3.8) is 0 Å². The molecule has 1 saturated heterocycles. The van der Waals surface area contributed by atoms with Gasteiger partial charge in [-0.1, -0.05) is 47.5 Å². The number of rotatable bonds is 4. The van der Waals surface area contributed by atoms with E-state index in [4.69, 9.17) is 11.6 Å². The lowest BCUT2D eigenvalue weighted by Crippen LogP contribution is -2.40. The molecule has 2 aromatic rings. The number of carbonyl (C=O) groups is 1. The summed E-state index contributed by atoms with van der Waals surface area (Å²) in [7, 11) is 0. The Hall–Kier alpha value is -2.00. The molecule has 4 heteroatoms. The van der Waals surface area contributed by atoms with E-state index in [0.29, 0.717) is 11.6 Å². The molecule has 0 aromatic heterocycles. The van der Waals surface area contributed by atoms with Gasteiger partial charge in [-0.25, -0.2) is 0 Å². The smallest absolute Gasteiger partial charge is 0.223 e. The lowest BCUT2D eigenvalue weighted by molar-refractivity contribution is -0.125. The number of nitrogens with one attached hydrogen (secondary N) is 1. The summed E-state index contributed by atoms with van der Waals surface area (Å²) in [5.74, 6) is 0.229. The van der Waals surface area contributed by atoms with Crippen LogP contribution < -0.4 is 10.2 Å². The molecule has 3 rings (SSSR count). The Morgan fingerprint density at radius 2 is 1.79 bits per heavy atom. The second-order valence-electron chi connectivity index (χ2n) is 6.41. The Labute approximate surface area is 148 Å². The minimum absolute atomic E-state index is 0.0918. The lowest BCUT2D eigenvalue weighted by atomic mass is 9.95. The van der Waals surface area contributed by atoms with Crippen molar-refractivity contribution in [2.75, 3.05) is 18.0 Å². The molecule has 0 unspecified atom stereocenters. The number of benzene rings is 2. The van der Waals surface area contributed by atoms with Crippen LogP contribution in [0, 0.1) is 12.8 Å². The second-order valence-corrected chi connectivity index (χ2v) is 6.81. The molecule has 1 aliphatic rings. The molecule has 1 amide bonds. The maximum Gasteiger partial charge on any atom is 0.223 e. The molecule has 1 N–H and O–H groups in total. The molecular formula is C20H23ClN2O. The highest BCUT2D eigenvalue weighted by atomic mass is 35.5. The Morgan fingerprint density at radius 1 is 1.12 bits per heavy atom. The molecule has 1 heterocycles. The number of hydrogen-bond donors (Lipinski definition) is 1. The summed E-state index contributed by atoms with van der Waals surface area (Å²) >= 11 is 6.13. The number of anilines is 1. The first kappa shape index (κ1) is 16.8. The van der Waals surface area contributed by atoms with Gasteiger partial charge in [-0.2, -0.15) is 0 Å². The first-order valence-corrected chi connectivity index (χ1v) is 8.84. The van der Waals surface area contributed by atoms with E-state index in [9.17, 15) is 4.79 Å². The zero-order valence-electron chi connectivity index (χ0n) is 14.0. The summed E-state index contributed by atoms with van der Waals surface area (Å²) < 4.78 is 0.